The molecule has 0 radical (unpaired) electrons. The molecule has 0 fully saturated rings. The Morgan fingerprint density at radius 3 is 2.52 bits per heavy atom. The zero-order valence-corrected chi connectivity index (χ0v) is 12.5. The number of nitrogens with zero attached hydrogens (tertiary/aromatic N) is 2. The normalized spacial score (nSPS) is 10.7. The van der Waals surface area contributed by atoms with E-state index < -0.39 is 4.92 Å². The molecule has 1 N–H and O–H groups in total. The van der Waals surface area contributed by atoms with Gasteiger partial charge in [-0.25, -0.2) is 0 Å². The summed E-state index contributed by atoms with van der Waals surface area (Å²) in [6.07, 6.45) is 0. The van der Waals surface area contributed by atoms with Crippen molar-refractivity contribution in [2.24, 2.45) is 0 Å². The van der Waals surface area contributed by atoms with Gasteiger partial charge in [-0.3, -0.25) is 10.1 Å². The first-order chi connectivity index (χ1) is 11.1. The lowest BCUT2D eigenvalue weighted by Gasteiger charge is -2.02. The topological polar surface area (TPSA) is 89.4 Å². The predicted molar refractivity (Wildman–Crippen MR) is 85.0 cm³/mol. The molecule has 1 aromatic heterocycles. The van der Waals surface area contributed by atoms with Crippen molar-refractivity contribution in [1.29, 1.82) is 0 Å². The van der Waals surface area contributed by atoms with Gasteiger partial charge in [-0.1, -0.05) is 28.9 Å². The third-order valence-electron chi connectivity index (χ3n) is 3.41. The van der Waals surface area contributed by atoms with E-state index in [1.54, 1.807) is 42.5 Å². The number of rotatable bonds is 4. The highest BCUT2D eigenvalue weighted by atomic mass is 35.5. The van der Waals surface area contributed by atoms with Crippen LogP contribution in [0.15, 0.2) is 53.1 Å². The van der Waals surface area contributed by atoms with Crippen LogP contribution in [0.4, 0.5) is 5.69 Å². The Morgan fingerprint density at radius 1 is 1.17 bits per heavy atom. The van der Waals surface area contributed by atoms with Crippen LogP contribution in [0, 0.1) is 10.1 Å². The van der Waals surface area contributed by atoms with E-state index in [2.05, 4.69) is 5.16 Å². The molecular formula is C16H11ClN2O4. The maximum atomic E-state index is 11.2. The molecule has 0 aliphatic carbocycles. The molecule has 0 unspecified atom stereocenters. The van der Waals surface area contributed by atoms with Gasteiger partial charge < -0.3 is 9.63 Å². The Morgan fingerprint density at radius 2 is 1.87 bits per heavy atom. The number of hydrogen-bond donors (Lipinski definition) is 1. The lowest BCUT2D eigenvalue weighted by atomic mass is 10.0. The Bertz CT molecular complexity index is 859. The molecular weight excluding hydrogens is 320 g/mol. The van der Waals surface area contributed by atoms with E-state index in [9.17, 15) is 15.2 Å². The average Bonchev–Trinajstić information content (AvgIpc) is 2.99. The molecule has 0 spiro atoms. The van der Waals surface area contributed by atoms with Gasteiger partial charge in [-0.2, -0.15) is 0 Å². The van der Waals surface area contributed by atoms with Gasteiger partial charge in [-0.15, -0.1) is 0 Å². The van der Waals surface area contributed by atoms with E-state index in [1.807, 2.05) is 0 Å². The quantitative estimate of drug-likeness (QED) is 0.575. The van der Waals surface area contributed by atoms with Gasteiger partial charge in [0.2, 0.25) is 0 Å². The number of aromatic nitrogens is 1. The van der Waals surface area contributed by atoms with Crippen LogP contribution < -0.4 is 0 Å². The van der Waals surface area contributed by atoms with Crippen molar-refractivity contribution in [3.63, 3.8) is 0 Å². The molecule has 2 aromatic carbocycles. The molecule has 0 aliphatic rings. The summed E-state index contributed by atoms with van der Waals surface area (Å²) in [7, 11) is 0. The van der Waals surface area contributed by atoms with Gasteiger partial charge in [-0.05, 0) is 30.3 Å². The number of aliphatic hydroxyl groups is 1. The van der Waals surface area contributed by atoms with Crippen molar-refractivity contribution in [3.05, 3.63) is 69.2 Å². The Balaban J connectivity index is 2.16. The van der Waals surface area contributed by atoms with E-state index >= 15 is 0 Å². The fourth-order valence-corrected chi connectivity index (χ4v) is 2.45. The van der Waals surface area contributed by atoms with Crippen LogP contribution in [-0.4, -0.2) is 15.2 Å². The minimum atomic E-state index is -0.493. The van der Waals surface area contributed by atoms with E-state index in [-0.39, 0.29) is 18.0 Å². The summed E-state index contributed by atoms with van der Waals surface area (Å²) in [5, 5.41) is 25.4. The van der Waals surface area contributed by atoms with Crippen molar-refractivity contribution in [3.8, 4) is 22.6 Å². The molecule has 3 rings (SSSR count). The standard InChI is InChI=1S/C16H11ClN2O4/c17-11-7-5-10(6-8-11)16-13(9-20)15(18-23-16)12-3-1-2-4-14(12)19(21)22/h1-8,20H,9H2. The molecule has 0 saturated carbocycles. The van der Waals surface area contributed by atoms with Gasteiger partial charge in [0.25, 0.3) is 5.69 Å². The number of hydrogen-bond acceptors (Lipinski definition) is 5. The number of nitro groups is 1. The number of aliphatic hydroxyl groups excluding tert-OH is 1. The highest BCUT2D eigenvalue weighted by molar-refractivity contribution is 6.30. The number of halogens is 1. The first kappa shape index (κ1) is 15.2. The molecule has 23 heavy (non-hydrogen) atoms. The summed E-state index contributed by atoms with van der Waals surface area (Å²) in [6.45, 7) is -0.358. The third kappa shape index (κ3) is 2.81. The summed E-state index contributed by atoms with van der Waals surface area (Å²) in [6, 6.07) is 13.0. The molecule has 0 saturated heterocycles. The Labute approximate surface area is 136 Å². The van der Waals surface area contributed by atoms with E-state index in [0.717, 1.165) is 0 Å². The van der Waals surface area contributed by atoms with Crippen LogP contribution >= 0.6 is 11.6 Å². The first-order valence-electron chi connectivity index (χ1n) is 6.71. The SMILES string of the molecule is O=[N+]([O-])c1ccccc1-c1noc(-c2ccc(Cl)cc2)c1CO. The fourth-order valence-electron chi connectivity index (χ4n) is 2.33. The molecule has 6 nitrogen and oxygen atoms in total. The van der Waals surface area contributed by atoms with Crippen molar-refractivity contribution >= 4 is 17.3 Å². The molecule has 1 heterocycles. The third-order valence-corrected chi connectivity index (χ3v) is 3.66. The van der Waals surface area contributed by atoms with Gasteiger partial charge in [0.15, 0.2) is 5.76 Å². The second-order valence-electron chi connectivity index (χ2n) is 4.78. The van der Waals surface area contributed by atoms with Crippen molar-refractivity contribution in [1.82, 2.24) is 5.16 Å². The minimum Gasteiger partial charge on any atom is -0.391 e. The molecule has 3 aromatic rings. The number of nitro benzene ring substituents is 1. The lowest BCUT2D eigenvalue weighted by molar-refractivity contribution is -0.384. The molecule has 0 bridgehead atoms. The van der Waals surface area contributed by atoms with Crippen LogP contribution in [0.5, 0.6) is 0 Å². The van der Waals surface area contributed by atoms with Gasteiger partial charge in [0, 0.05) is 16.7 Å². The number of benzene rings is 2. The maximum Gasteiger partial charge on any atom is 0.278 e. The van der Waals surface area contributed by atoms with Gasteiger partial charge in [0.05, 0.1) is 22.7 Å². The number of para-hydroxylation sites is 1. The van der Waals surface area contributed by atoms with Crippen molar-refractivity contribution in [2.45, 2.75) is 6.61 Å². The van der Waals surface area contributed by atoms with Crippen molar-refractivity contribution in [2.75, 3.05) is 0 Å². The minimum absolute atomic E-state index is 0.0989. The zero-order valence-electron chi connectivity index (χ0n) is 11.8. The fraction of sp³-hybridized carbons (Fsp3) is 0.0625. The molecule has 116 valence electrons. The monoisotopic (exact) mass is 330 g/mol. The van der Waals surface area contributed by atoms with Crippen LogP contribution in [0.3, 0.4) is 0 Å². The second-order valence-corrected chi connectivity index (χ2v) is 5.21. The van der Waals surface area contributed by atoms with Crippen LogP contribution in [0.25, 0.3) is 22.6 Å². The van der Waals surface area contributed by atoms with E-state index in [0.29, 0.717) is 27.5 Å². The van der Waals surface area contributed by atoms with Gasteiger partial charge in [0.1, 0.15) is 5.69 Å². The zero-order chi connectivity index (χ0) is 16.4. The molecule has 0 aliphatic heterocycles. The van der Waals surface area contributed by atoms with Gasteiger partial charge >= 0.3 is 0 Å². The van der Waals surface area contributed by atoms with E-state index in [1.165, 1.54) is 6.07 Å². The second kappa shape index (κ2) is 6.20. The van der Waals surface area contributed by atoms with Crippen LogP contribution in [0.1, 0.15) is 5.56 Å². The summed E-state index contributed by atoms with van der Waals surface area (Å²) in [4.78, 5) is 10.7. The molecule has 0 atom stereocenters. The Hall–Kier alpha value is -2.70. The van der Waals surface area contributed by atoms with Crippen molar-refractivity contribution < 1.29 is 14.6 Å². The molecule has 7 heteroatoms. The van der Waals surface area contributed by atoms with Crippen LogP contribution in [0.2, 0.25) is 5.02 Å². The first-order valence-corrected chi connectivity index (χ1v) is 7.08. The Kier molecular flexibility index (Phi) is 4.10. The van der Waals surface area contributed by atoms with E-state index in [4.69, 9.17) is 16.1 Å². The molecule has 0 amide bonds. The smallest absolute Gasteiger partial charge is 0.278 e. The highest BCUT2D eigenvalue weighted by Gasteiger charge is 2.24. The summed E-state index contributed by atoms with van der Waals surface area (Å²) in [5.41, 5.74) is 1.52. The largest absolute Gasteiger partial charge is 0.391 e. The lowest BCUT2D eigenvalue weighted by Crippen LogP contribution is -1.94. The average molecular weight is 331 g/mol. The summed E-state index contributed by atoms with van der Waals surface area (Å²) >= 11 is 5.86. The summed E-state index contributed by atoms with van der Waals surface area (Å²) in [5.74, 6) is 0.359. The highest BCUT2D eigenvalue weighted by Crippen LogP contribution is 2.36. The maximum absolute atomic E-state index is 11.2. The van der Waals surface area contributed by atoms with Crippen LogP contribution in [-0.2, 0) is 6.61 Å². The predicted octanol–water partition coefficient (Wildman–Crippen LogP) is 4.06. The summed E-state index contributed by atoms with van der Waals surface area (Å²) < 4.78 is 5.33.